The quantitative estimate of drug-likeness (QED) is 0.813. The SMILES string of the molecule is CN(CC(=O)O)C(=O)C1CC1C1CCCCC1. The van der Waals surface area contributed by atoms with Gasteiger partial charge in [0.1, 0.15) is 6.54 Å². The minimum Gasteiger partial charge on any atom is -0.480 e. The lowest BCUT2D eigenvalue weighted by Crippen LogP contribution is -2.33. The minimum atomic E-state index is -0.935. The lowest BCUT2D eigenvalue weighted by Gasteiger charge is -2.22. The highest BCUT2D eigenvalue weighted by atomic mass is 16.4. The molecule has 0 bridgehead atoms. The average Bonchev–Trinajstić information content (AvgIpc) is 3.08. The van der Waals surface area contributed by atoms with E-state index in [0.29, 0.717) is 5.92 Å². The van der Waals surface area contributed by atoms with Crippen molar-refractivity contribution in [2.24, 2.45) is 17.8 Å². The van der Waals surface area contributed by atoms with Crippen LogP contribution in [-0.4, -0.2) is 35.5 Å². The summed E-state index contributed by atoms with van der Waals surface area (Å²) in [5, 5.41) is 8.66. The maximum atomic E-state index is 12.0. The van der Waals surface area contributed by atoms with E-state index < -0.39 is 5.97 Å². The number of carbonyl (C=O) groups excluding carboxylic acids is 1. The van der Waals surface area contributed by atoms with E-state index >= 15 is 0 Å². The molecule has 1 N–H and O–H groups in total. The highest BCUT2D eigenvalue weighted by molar-refractivity contribution is 5.84. The number of aliphatic carboxylic acids is 1. The molecule has 2 aliphatic rings. The molecule has 4 nitrogen and oxygen atoms in total. The summed E-state index contributed by atoms with van der Waals surface area (Å²) in [5.41, 5.74) is 0. The molecule has 0 radical (unpaired) electrons. The summed E-state index contributed by atoms with van der Waals surface area (Å²) in [7, 11) is 1.59. The monoisotopic (exact) mass is 239 g/mol. The van der Waals surface area contributed by atoms with Crippen LogP contribution in [0.25, 0.3) is 0 Å². The summed E-state index contributed by atoms with van der Waals surface area (Å²) in [5.74, 6) is 0.469. The molecule has 0 aliphatic heterocycles. The van der Waals surface area contributed by atoms with Crippen molar-refractivity contribution < 1.29 is 14.7 Å². The van der Waals surface area contributed by atoms with Crippen LogP contribution in [0.2, 0.25) is 0 Å². The van der Waals surface area contributed by atoms with Crippen LogP contribution in [0.15, 0.2) is 0 Å². The van der Waals surface area contributed by atoms with Gasteiger partial charge in [-0.05, 0) is 18.3 Å². The van der Waals surface area contributed by atoms with Crippen LogP contribution in [0.5, 0.6) is 0 Å². The van der Waals surface area contributed by atoms with Gasteiger partial charge in [-0.3, -0.25) is 9.59 Å². The average molecular weight is 239 g/mol. The zero-order valence-electron chi connectivity index (χ0n) is 10.4. The Bertz CT molecular complexity index is 310. The number of hydrogen-bond acceptors (Lipinski definition) is 2. The van der Waals surface area contributed by atoms with Crippen LogP contribution in [0.4, 0.5) is 0 Å². The molecule has 2 unspecified atom stereocenters. The first-order chi connectivity index (χ1) is 8.09. The molecule has 2 saturated carbocycles. The zero-order valence-corrected chi connectivity index (χ0v) is 10.4. The van der Waals surface area contributed by atoms with Gasteiger partial charge in [-0.15, -0.1) is 0 Å². The van der Waals surface area contributed by atoms with Crippen molar-refractivity contribution in [2.75, 3.05) is 13.6 Å². The van der Waals surface area contributed by atoms with Gasteiger partial charge in [0.2, 0.25) is 5.91 Å². The Morgan fingerprint density at radius 1 is 1.24 bits per heavy atom. The number of carbonyl (C=O) groups is 2. The predicted molar refractivity (Wildman–Crippen MR) is 63.4 cm³/mol. The van der Waals surface area contributed by atoms with Gasteiger partial charge in [0, 0.05) is 13.0 Å². The van der Waals surface area contributed by atoms with Crippen LogP contribution >= 0.6 is 0 Å². The largest absolute Gasteiger partial charge is 0.480 e. The Labute approximate surface area is 102 Å². The summed E-state index contributed by atoms with van der Waals surface area (Å²) < 4.78 is 0. The maximum absolute atomic E-state index is 12.0. The molecule has 2 atom stereocenters. The molecule has 0 aromatic carbocycles. The Hall–Kier alpha value is -1.06. The van der Waals surface area contributed by atoms with E-state index in [9.17, 15) is 9.59 Å². The Kier molecular flexibility index (Phi) is 3.69. The normalized spacial score (nSPS) is 28.8. The van der Waals surface area contributed by atoms with Crippen molar-refractivity contribution in [2.45, 2.75) is 38.5 Å². The lowest BCUT2D eigenvalue weighted by molar-refractivity contribution is -0.144. The van der Waals surface area contributed by atoms with Crippen molar-refractivity contribution in [3.8, 4) is 0 Å². The number of carboxylic acid groups (broad SMARTS) is 1. The van der Waals surface area contributed by atoms with Gasteiger partial charge in [-0.1, -0.05) is 32.1 Å². The molecule has 0 aromatic heterocycles. The van der Waals surface area contributed by atoms with E-state index in [1.54, 1.807) is 7.05 Å². The molecule has 4 heteroatoms. The van der Waals surface area contributed by atoms with Gasteiger partial charge in [0.25, 0.3) is 0 Å². The summed E-state index contributed by atoms with van der Waals surface area (Å²) in [6.45, 7) is -0.174. The van der Waals surface area contributed by atoms with Crippen molar-refractivity contribution in [3.63, 3.8) is 0 Å². The number of amides is 1. The maximum Gasteiger partial charge on any atom is 0.323 e. The molecule has 2 fully saturated rings. The number of nitrogens with zero attached hydrogens (tertiary/aromatic N) is 1. The van der Waals surface area contributed by atoms with Crippen LogP contribution in [0, 0.1) is 17.8 Å². The summed E-state index contributed by atoms with van der Waals surface area (Å²) in [6.07, 6.45) is 7.43. The summed E-state index contributed by atoms with van der Waals surface area (Å²) >= 11 is 0. The van der Waals surface area contributed by atoms with Gasteiger partial charge in [0.15, 0.2) is 0 Å². The highest BCUT2D eigenvalue weighted by Crippen LogP contribution is 2.49. The van der Waals surface area contributed by atoms with Gasteiger partial charge in [0.05, 0.1) is 0 Å². The molecule has 2 aliphatic carbocycles. The topological polar surface area (TPSA) is 57.6 Å². The molecule has 17 heavy (non-hydrogen) atoms. The molecule has 0 spiro atoms. The second-order valence-electron chi connectivity index (χ2n) is 5.49. The summed E-state index contributed by atoms with van der Waals surface area (Å²) in [6, 6.07) is 0. The molecule has 1 amide bonds. The predicted octanol–water partition coefficient (Wildman–Crippen LogP) is 1.75. The summed E-state index contributed by atoms with van der Waals surface area (Å²) in [4.78, 5) is 23.9. The van der Waals surface area contributed by atoms with Crippen molar-refractivity contribution in [1.82, 2.24) is 4.90 Å². The van der Waals surface area contributed by atoms with E-state index in [1.165, 1.54) is 37.0 Å². The third-order valence-corrected chi connectivity index (χ3v) is 4.16. The fraction of sp³-hybridized carbons (Fsp3) is 0.846. The second-order valence-corrected chi connectivity index (χ2v) is 5.49. The van der Waals surface area contributed by atoms with Gasteiger partial charge in [-0.25, -0.2) is 0 Å². The third kappa shape index (κ3) is 2.99. The first-order valence-corrected chi connectivity index (χ1v) is 6.56. The number of likely N-dealkylation sites (N-methyl/N-ethyl adjacent to an activating group) is 1. The van der Waals surface area contributed by atoms with E-state index in [-0.39, 0.29) is 18.4 Å². The van der Waals surface area contributed by atoms with Crippen LogP contribution in [0.3, 0.4) is 0 Å². The zero-order chi connectivity index (χ0) is 12.4. The van der Waals surface area contributed by atoms with Crippen molar-refractivity contribution in [1.29, 1.82) is 0 Å². The van der Waals surface area contributed by atoms with Gasteiger partial charge in [-0.2, -0.15) is 0 Å². The molecule has 96 valence electrons. The van der Waals surface area contributed by atoms with Crippen LogP contribution in [0.1, 0.15) is 38.5 Å². The fourth-order valence-electron chi connectivity index (χ4n) is 3.15. The molecule has 2 rings (SSSR count). The van der Waals surface area contributed by atoms with E-state index in [2.05, 4.69) is 0 Å². The van der Waals surface area contributed by atoms with Gasteiger partial charge < -0.3 is 10.0 Å². The smallest absolute Gasteiger partial charge is 0.323 e. The molecular formula is C13H21NO3. The first kappa shape index (κ1) is 12.4. The highest BCUT2D eigenvalue weighted by Gasteiger charge is 2.48. The van der Waals surface area contributed by atoms with Crippen LogP contribution in [-0.2, 0) is 9.59 Å². The first-order valence-electron chi connectivity index (χ1n) is 6.56. The molecule has 0 heterocycles. The Balaban J connectivity index is 1.80. The van der Waals surface area contributed by atoms with E-state index in [4.69, 9.17) is 5.11 Å². The Morgan fingerprint density at radius 3 is 2.47 bits per heavy atom. The Morgan fingerprint density at radius 2 is 1.88 bits per heavy atom. The van der Waals surface area contributed by atoms with E-state index in [0.717, 1.165) is 12.3 Å². The minimum absolute atomic E-state index is 0.0305. The van der Waals surface area contributed by atoms with Crippen molar-refractivity contribution >= 4 is 11.9 Å². The standard InChI is InChI=1S/C13H21NO3/c1-14(8-12(15)16)13(17)11-7-10(11)9-5-3-2-4-6-9/h9-11H,2-8H2,1H3,(H,15,16). The van der Waals surface area contributed by atoms with Crippen LogP contribution < -0.4 is 0 Å². The molecule has 0 saturated heterocycles. The lowest BCUT2D eigenvalue weighted by atomic mass is 9.85. The molecule has 0 aromatic rings. The number of hydrogen-bond donors (Lipinski definition) is 1. The van der Waals surface area contributed by atoms with E-state index in [1.807, 2.05) is 0 Å². The van der Waals surface area contributed by atoms with Crippen molar-refractivity contribution in [3.05, 3.63) is 0 Å². The van der Waals surface area contributed by atoms with Gasteiger partial charge >= 0.3 is 5.97 Å². The third-order valence-electron chi connectivity index (χ3n) is 4.16. The number of rotatable bonds is 4. The fourth-order valence-corrected chi connectivity index (χ4v) is 3.15. The second kappa shape index (κ2) is 5.07. The molecular weight excluding hydrogens is 218 g/mol. The number of carboxylic acids is 1.